The maximum Gasteiger partial charge on any atom is 0.279 e. The van der Waals surface area contributed by atoms with Gasteiger partial charge in [-0.2, -0.15) is 0 Å². The molecule has 0 fully saturated rings. The lowest BCUT2D eigenvalue weighted by molar-refractivity contribution is 0.476. The first-order chi connectivity index (χ1) is 9.11. The van der Waals surface area contributed by atoms with Crippen LogP contribution in [0.4, 0.5) is 5.69 Å². The van der Waals surface area contributed by atoms with Crippen molar-refractivity contribution in [1.29, 1.82) is 0 Å². The lowest BCUT2D eigenvalue weighted by Crippen LogP contribution is -1.87. The summed E-state index contributed by atoms with van der Waals surface area (Å²) in [5, 5.41) is 0.646. The molecule has 0 aliphatic rings. The highest BCUT2D eigenvalue weighted by Gasteiger charge is 2.08. The lowest BCUT2D eigenvalue weighted by Gasteiger charge is -2.05. The van der Waals surface area contributed by atoms with Crippen LogP contribution in [0, 0.1) is 13.8 Å². The number of benzene rings is 2. The summed E-state index contributed by atoms with van der Waals surface area (Å²) in [6, 6.07) is 11.8. The molecule has 3 nitrogen and oxygen atoms in total. The van der Waals surface area contributed by atoms with E-state index in [9.17, 15) is 0 Å². The van der Waals surface area contributed by atoms with Gasteiger partial charge in [0.05, 0.1) is 10.2 Å². The van der Waals surface area contributed by atoms with Crippen molar-refractivity contribution < 1.29 is 4.74 Å². The number of aryl methyl sites for hydroxylation is 2. The normalized spacial score (nSPS) is 10.8. The van der Waals surface area contributed by atoms with E-state index >= 15 is 0 Å². The summed E-state index contributed by atoms with van der Waals surface area (Å²) in [6.07, 6.45) is 0. The van der Waals surface area contributed by atoms with Gasteiger partial charge >= 0.3 is 0 Å². The number of fused-ring (bicyclic) bond motifs is 1. The minimum atomic E-state index is 0.646. The Morgan fingerprint density at radius 2 is 1.95 bits per heavy atom. The molecule has 0 spiro atoms. The first-order valence-electron chi connectivity index (χ1n) is 6.03. The Bertz CT molecular complexity index is 749. The molecule has 2 N–H and O–H groups in total. The molecule has 3 aromatic rings. The summed E-state index contributed by atoms with van der Waals surface area (Å²) < 4.78 is 6.90. The zero-order valence-electron chi connectivity index (χ0n) is 10.8. The number of nitrogens with two attached hydrogens (primary N) is 1. The zero-order valence-corrected chi connectivity index (χ0v) is 11.6. The molecule has 1 heterocycles. The number of aromatic nitrogens is 1. The van der Waals surface area contributed by atoms with Gasteiger partial charge in [0.2, 0.25) is 0 Å². The largest absolute Gasteiger partial charge is 0.431 e. The molecular formula is C15H14N2OS. The average molecular weight is 270 g/mol. The number of anilines is 1. The second kappa shape index (κ2) is 4.55. The fourth-order valence-corrected chi connectivity index (χ4v) is 2.85. The van der Waals surface area contributed by atoms with Gasteiger partial charge in [0, 0.05) is 5.69 Å². The van der Waals surface area contributed by atoms with Crippen LogP contribution in [0.2, 0.25) is 0 Å². The van der Waals surface area contributed by atoms with E-state index in [-0.39, 0.29) is 0 Å². The van der Waals surface area contributed by atoms with Gasteiger partial charge in [0.15, 0.2) is 0 Å². The summed E-state index contributed by atoms with van der Waals surface area (Å²) in [5.41, 5.74) is 9.76. The average Bonchev–Trinajstić information content (AvgIpc) is 2.74. The van der Waals surface area contributed by atoms with Crippen LogP contribution < -0.4 is 10.5 Å². The van der Waals surface area contributed by atoms with Crippen molar-refractivity contribution in [2.24, 2.45) is 0 Å². The molecular weight excluding hydrogens is 256 g/mol. The third kappa shape index (κ3) is 2.39. The van der Waals surface area contributed by atoms with Gasteiger partial charge in [0.25, 0.3) is 5.19 Å². The van der Waals surface area contributed by atoms with Crippen LogP contribution in [0.15, 0.2) is 36.4 Å². The van der Waals surface area contributed by atoms with Gasteiger partial charge in [0.1, 0.15) is 5.75 Å². The van der Waals surface area contributed by atoms with Crippen molar-refractivity contribution in [2.45, 2.75) is 13.8 Å². The van der Waals surface area contributed by atoms with Crippen molar-refractivity contribution in [2.75, 3.05) is 5.73 Å². The molecule has 19 heavy (non-hydrogen) atoms. The molecule has 0 saturated carbocycles. The Kier molecular flexibility index (Phi) is 2.87. The van der Waals surface area contributed by atoms with Crippen molar-refractivity contribution in [3.05, 3.63) is 47.5 Å². The van der Waals surface area contributed by atoms with Crippen LogP contribution in [0.3, 0.4) is 0 Å². The van der Waals surface area contributed by atoms with Crippen LogP contribution >= 0.6 is 11.3 Å². The Labute approximate surface area is 115 Å². The van der Waals surface area contributed by atoms with Gasteiger partial charge in [-0.3, -0.25) is 0 Å². The Hall–Kier alpha value is -2.07. The number of rotatable bonds is 2. The van der Waals surface area contributed by atoms with Crippen LogP contribution in [0.1, 0.15) is 11.1 Å². The van der Waals surface area contributed by atoms with Crippen molar-refractivity contribution >= 4 is 27.2 Å². The molecule has 4 heteroatoms. The molecule has 0 amide bonds. The highest BCUT2D eigenvalue weighted by molar-refractivity contribution is 7.20. The van der Waals surface area contributed by atoms with Crippen molar-refractivity contribution in [3.8, 4) is 10.9 Å². The topological polar surface area (TPSA) is 48.1 Å². The third-order valence-electron chi connectivity index (χ3n) is 2.92. The van der Waals surface area contributed by atoms with Gasteiger partial charge < -0.3 is 10.5 Å². The number of ether oxygens (including phenoxy) is 1. The minimum absolute atomic E-state index is 0.646. The smallest absolute Gasteiger partial charge is 0.279 e. The van der Waals surface area contributed by atoms with Gasteiger partial charge in [-0.1, -0.05) is 29.0 Å². The van der Waals surface area contributed by atoms with E-state index in [1.54, 1.807) is 0 Å². The summed E-state index contributed by atoms with van der Waals surface area (Å²) >= 11 is 1.51. The van der Waals surface area contributed by atoms with Gasteiger partial charge in [-0.05, 0) is 43.7 Å². The standard InChI is InChI=1S/C15H14N2OS/c1-9-3-6-13(10(2)7-9)18-15-17-12-5-4-11(16)8-14(12)19-15/h3-8H,16H2,1-2H3. The van der Waals surface area contributed by atoms with Crippen LogP contribution in [0.25, 0.3) is 10.2 Å². The summed E-state index contributed by atoms with van der Waals surface area (Å²) in [5.74, 6) is 0.845. The number of hydrogen-bond acceptors (Lipinski definition) is 4. The third-order valence-corrected chi connectivity index (χ3v) is 3.82. The Morgan fingerprint density at radius 1 is 1.11 bits per heavy atom. The minimum Gasteiger partial charge on any atom is -0.431 e. The summed E-state index contributed by atoms with van der Waals surface area (Å²) in [4.78, 5) is 4.45. The second-order valence-electron chi connectivity index (χ2n) is 4.58. The van der Waals surface area contributed by atoms with Crippen molar-refractivity contribution in [1.82, 2.24) is 4.98 Å². The van der Waals surface area contributed by atoms with Crippen molar-refractivity contribution in [3.63, 3.8) is 0 Å². The van der Waals surface area contributed by atoms with Crippen LogP contribution in [-0.4, -0.2) is 4.98 Å². The molecule has 0 aliphatic heterocycles. The van der Waals surface area contributed by atoms with Gasteiger partial charge in [-0.25, -0.2) is 4.98 Å². The molecule has 0 bridgehead atoms. The molecule has 96 valence electrons. The van der Waals surface area contributed by atoms with E-state index in [2.05, 4.69) is 18.0 Å². The lowest BCUT2D eigenvalue weighted by atomic mass is 10.1. The molecule has 3 rings (SSSR count). The van der Waals surface area contributed by atoms with Gasteiger partial charge in [-0.15, -0.1) is 0 Å². The first-order valence-corrected chi connectivity index (χ1v) is 6.84. The van der Waals surface area contributed by atoms with Crippen LogP contribution in [-0.2, 0) is 0 Å². The fourth-order valence-electron chi connectivity index (χ4n) is 1.97. The second-order valence-corrected chi connectivity index (χ2v) is 5.57. The fraction of sp³-hybridized carbons (Fsp3) is 0.133. The highest BCUT2D eigenvalue weighted by Crippen LogP contribution is 2.33. The molecule has 1 aromatic heterocycles. The molecule has 0 radical (unpaired) electrons. The summed E-state index contributed by atoms with van der Waals surface area (Å²) in [7, 11) is 0. The van der Waals surface area contributed by atoms with E-state index in [0.717, 1.165) is 27.2 Å². The SMILES string of the molecule is Cc1ccc(Oc2nc3ccc(N)cc3s2)c(C)c1. The quantitative estimate of drug-likeness (QED) is 0.707. The number of nitrogen functional groups attached to an aromatic ring is 1. The number of thiazole rings is 1. The summed E-state index contributed by atoms with van der Waals surface area (Å²) in [6.45, 7) is 4.10. The molecule has 0 unspecified atom stereocenters. The van der Waals surface area contributed by atoms with E-state index in [4.69, 9.17) is 10.5 Å². The van der Waals surface area contributed by atoms with E-state index in [1.807, 2.05) is 37.3 Å². The molecule has 0 aliphatic carbocycles. The zero-order chi connectivity index (χ0) is 13.4. The monoisotopic (exact) mass is 270 g/mol. The van der Waals surface area contributed by atoms with E-state index < -0.39 is 0 Å². The maximum absolute atomic E-state index is 5.86. The Balaban J connectivity index is 1.96. The predicted octanol–water partition coefficient (Wildman–Crippen LogP) is 4.29. The number of hydrogen-bond donors (Lipinski definition) is 1. The Morgan fingerprint density at radius 3 is 2.74 bits per heavy atom. The van der Waals surface area contributed by atoms with E-state index in [1.165, 1.54) is 16.9 Å². The maximum atomic E-state index is 5.86. The van der Waals surface area contributed by atoms with E-state index in [0.29, 0.717) is 5.19 Å². The van der Waals surface area contributed by atoms with Crippen LogP contribution in [0.5, 0.6) is 10.9 Å². The number of nitrogens with zero attached hydrogens (tertiary/aromatic N) is 1. The molecule has 2 aromatic carbocycles. The highest BCUT2D eigenvalue weighted by atomic mass is 32.1. The molecule has 0 saturated heterocycles. The predicted molar refractivity (Wildman–Crippen MR) is 80.0 cm³/mol. The first kappa shape index (κ1) is 12.0. The molecule has 0 atom stereocenters.